The molecular formula is C15H26F3N3OS. The lowest BCUT2D eigenvalue weighted by Gasteiger charge is -2.32. The summed E-state index contributed by atoms with van der Waals surface area (Å²) < 4.78 is 38.7. The molecule has 0 aromatic carbocycles. The summed E-state index contributed by atoms with van der Waals surface area (Å²) in [6, 6.07) is -0.222. The third kappa shape index (κ3) is 5.74. The van der Waals surface area contributed by atoms with Gasteiger partial charge >= 0.3 is 6.18 Å². The molecule has 0 radical (unpaired) electrons. The fourth-order valence-corrected chi connectivity index (χ4v) is 4.36. The summed E-state index contributed by atoms with van der Waals surface area (Å²) in [7, 11) is 0. The monoisotopic (exact) mass is 353 g/mol. The highest BCUT2D eigenvalue weighted by atomic mass is 32.2. The van der Waals surface area contributed by atoms with Crippen LogP contribution in [0, 0.1) is 5.92 Å². The van der Waals surface area contributed by atoms with Gasteiger partial charge in [0.2, 0.25) is 0 Å². The zero-order valence-corrected chi connectivity index (χ0v) is 14.3. The normalized spacial score (nSPS) is 32.8. The molecule has 0 bridgehead atoms. The van der Waals surface area contributed by atoms with Gasteiger partial charge in [0, 0.05) is 18.3 Å². The van der Waals surface area contributed by atoms with E-state index in [1.54, 1.807) is 11.8 Å². The van der Waals surface area contributed by atoms with Crippen LogP contribution in [-0.2, 0) is 0 Å². The molecule has 1 saturated heterocycles. The zero-order valence-electron chi connectivity index (χ0n) is 13.5. The van der Waals surface area contributed by atoms with Crippen LogP contribution in [0.5, 0.6) is 0 Å². The fourth-order valence-electron chi connectivity index (χ4n) is 3.08. The zero-order chi connectivity index (χ0) is 16.9. The van der Waals surface area contributed by atoms with Gasteiger partial charge in [-0.15, -0.1) is 0 Å². The van der Waals surface area contributed by atoms with Crippen molar-refractivity contribution in [3.05, 3.63) is 0 Å². The van der Waals surface area contributed by atoms with Gasteiger partial charge < -0.3 is 15.7 Å². The van der Waals surface area contributed by atoms with Crippen molar-refractivity contribution in [1.82, 2.24) is 10.6 Å². The minimum atomic E-state index is -4.12. The second-order valence-corrected chi connectivity index (χ2v) is 7.57. The van der Waals surface area contributed by atoms with Gasteiger partial charge in [0.1, 0.15) is 0 Å². The van der Waals surface area contributed by atoms with Crippen molar-refractivity contribution in [2.75, 3.05) is 24.6 Å². The van der Waals surface area contributed by atoms with Crippen LogP contribution in [0.15, 0.2) is 4.99 Å². The molecule has 0 aromatic heterocycles. The molecule has 1 saturated carbocycles. The molecule has 0 amide bonds. The number of hydrogen-bond donors (Lipinski definition) is 3. The number of halogens is 3. The van der Waals surface area contributed by atoms with Crippen molar-refractivity contribution in [3.8, 4) is 0 Å². The van der Waals surface area contributed by atoms with E-state index in [0.29, 0.717) is 31.1 Å². The molecular weight excluding hydrogens is 327 g/mol. The third-order valence-corrected chi connectivity index (χ3v) is 5.67. The molecule has 3 N–H and O–H groups in total. The summed E-state index contributed by atoms with van der Waals surface area (Å²) in [5.41, 5.74) is -0.784. The van der Waals surface area contributed by atoms with Gasteiger partial charge in [-0.3, -0.25) is 4.99 Å². The minimum absolute atomic E-state index is 0.0913. The Bertz CT molecular complexity index is 411. The van der Waals surface area contributed by atoms with Crippen molar-refractivity contribution in [2.45, 2.75) is 56.8 Å². The number of aliphatic hydroxyl groups is 1. The van der Waals surface area contributed by atoms with Gasteiger partial charge in [0.15, 0.2) is 5.96 Å². The van der Waals surface area contributed by atoms with E-state index in [1.807, 2.05) is 6.92 Å². The molecule has 1 aliphatic carbocycles. The van der Waals surface area contributed by atoms with Crippen LogP contribution in [0.4, 0.5) is 13.2 Å². The van der Waals surface area contributed by atoms with E-state index in [4.69, 9.17) is 0 Å². The van der Waals surface area contributed by atoms with Crippen LogP contribution in [0.3, 0.4) is 0 Å². The Hall–Kier alpha value is -0.630. The Labute approximate surface area is 139 Å². The SMILES string of the molecule is CCNC(=NCC1(O)CCSC1)NC1CCCC(C(F)(F)F)C1. The minimum Gasteiger partial charge on any atom is -0.387 e. The highest BCUT2D eigenvalue weighted by Crippen LogP contribution is 2.37. The van der Waals surface area contributed by atoms with Gasteiger partial charge in [-0.2, -0.15) is 24.9 Å². The molecule has 8 heteroatoms. The third-order valence-electron chi connectivity index (χ3n) is 4.44. The smallest absolute Gasteiger partial charge is 0.387 e. The van der Waals surface area contributed by atoms with E-state index in [0.717, 1.165) is 12.2 Å². The summed E-state index contributed by atoms with van der Waals surface area (Å²) in [6.45, 7) is 2.83. The Kier molecular flexibility index (Phi) is 6.48. The van der Waals surface area contributed by atoms with Crippen molar-refractivity contribution in [3.63, 3.8) is 0 Å². The van der Waals surface area contributed by atoms with Crippen LogP contribution in [0.25, 0.3) is 0 Å². The van der Waals surface area contributed by atoms with Gasteiger partial charge in [0.25, 0.3) is 0 Å². The lowest BCUT2D eigenvalue weighted by Crippen LogP contribution is -2.47. The summed E-state index contributed by atoms with van der Waals surface area (Å²) in [5.74, 6) is 0.860. The molecule has 2 rings (SSSR count). The number of guanidine groups is 1. The molecule has 4 nitrogen and oxygen atoms in total. The summed E-state index contributed by atoms with van der Waals surface area (Å²) in [5, 5.41) is 16.5. The van der Waals surface area contributed by atoms with Gasteiger partial charge in [-0.05, 0) is 38.4 Å². The molecule has 2 fully saturated rings. The first-order valence-electron chi connectivity index (χ1n) is 8.24. The lowest BCUT2D eigenvalue weighted by molar-refractivity contribution is -0.183. The van der Waals surface area contributed by atoms with E-state index in [-0.39, 0.29) is 25.4 Å². The number of nitrogens with zero attached hydrogens (tertiary/aromatic N) is 1. The number of rotatable bonds is 4. The Morgan fingerprint density at radius 2 is 2.17 bits per heavy atom. The lowest BCUT2D eigenvalue weighted by atomic mass is 9.85. The largest absolute Gasteiger partial charge is 0.391 e. The van der Waals surface area contributed by atoms with E-state index in [1.165, 1.54) is 0 Å². The predicted octanol–water partition coefficient (Wildman–Crippen LogP) is 2.53. The Morgan fingerprint density at radius 1 is 1.39 bits per heavy atom. The summed E-state index contributed by atoms with van der Waals surface area (Å²) in [4.78, 5) is 4.40. The first kappa shape index (κ1) is 18.7. The molecule has 1 aliphatic heterocycles. The van der Waals surface area contributed by atoms with Crippen LogP contribution >= 0.6 is 11.8 Å². The topological polar surface area (TPSA) is 56.7 Å². The number of aliphatic imine (C=N–C) groups is 1. The molecule has 134 valence electrons. The average molecular weight is 353 g/mol. The van der Waals surface area contributed by atoms with Crippen molar-refractivity contribution >= 4 is 17.7 Å². The van der Waals surface area contributed by atoms with Crippen molar-refractivity contribution in [1.29, 1.82) is 0 Å². The van der Waals surface area contributed by atoms with Crippen molar-refractivity contribution < 1.29 is 18.3 Å². The van der Waals surface area contributed by atoms with E-state index >= 15 is 0 Å². The van der Waals surface area contributed by atoms with Crippen molar-refractivity contribution in [2.24, 2.45) is 10.9 Å². The number of hydrogen-bond acceptors (Lipinski definition) is 3. The average Bonchev–Trinajstić information content (AvgIpc) is 2.92. The highest BCUT2D eigenvalue weighted by Gasteiger charge is 2.42. The Balaban J connectivity index is 1.92. The second kappa shape index (κ2) is 7.96. The number of nitrogens with one attached hydrogen (secondary N) is 2. The quantitative estimate of drug-likeness (QED) is 0.537. The highest BCUT2D eigenvalue weighted by molar-refractivity contribution is 7.99. The number of thioether (sulfide) groups is 1. The number of alkyl halides is 3. The standard InChI is InChI=1S/C15H26F3N3OS/c1-2-19-13(20-9-14(22)6-7-23-10-14)21-12-5-3-4-11(8-12)15(16,17)18/h11-12,22H,2-10H2,1H3,(H2,19,20,21). The van der Waals surface area contributed by atoms with Crippen LogP contribution in [0.1, 0.15) is 39.0 Å². The fraction of sp³-hybridized carbons (Fsp3) is 0.933. The molecule has 0 aromatic rings. The van der Waals surface area contributed by atoms with Gasteiger partial charge in [-0.1, -0.05) is 6.42 Å². The molecule has 2 aliphatic rings. The van der Waals surface area contributed by atoms with E-state index in [9.17, 15) is 18.3 Å². The first-order valence-corrected chi connectivity index (χ1v) is 9.39. The van der Waals surface area contributed by atoms with Crippen LogP contribution in [0.2, 0.25) is 0 Å². The maximum absolute atomic E-state index is 12.9. The maximum Gasteiger partial charge on any atom is 0.391 e. The second-order valence-electron chi connectivity index (χ2n) is 6.47. The molecule has 3 atom stereocenters. The molecule has 0 spiro atoms. The first-order chi connectivity index (χ1) is 10.8. The van der Waals surface area contributed by atoms with Gasteiger partial charge in [0.05, 0.1) is 18.1 Å². The van der Waals surface area contributed by atoms with E-state index < -0.39 is 17.7 Å². The van der Waals surface area contributed by atoms with Crippen LogP contribution < -0.4 is 10.6 Å². The predicted molar refractivity (Wildman–Crippen MR) is 87.8 cm³/mol. The summed E-state index contributed by atoms with van der Waals surface area (Å²) in [6.07, 6.45) is -1.81. The summed E-state index contributed by atoms with van der Waals surface area (Å²) >= 11 is 1.70. The molecule has 3 unspecified atom stereocenters. The molecule has 1 heterocycles. The van der Waals surface area contributed by atoms with Crippen LogP contribution in [-0.4, -0.2) is 53.5 Å². The Morgan fingerprint density at radius 3 is 2.78 bits per heavy atom. The maximum atomic E-state index is 12.9. The molecule has 23 heavy (non-hydrogen) atoms. The van der Waals surface area contributed by atoms with E-state index in [2.05, 4.69) is 15.6 Å². The van der Waals surface area contributed by atoms with Gasteiger partial charge in [-0.25, -0.2) is 0 Å².